The first-order valence-corrected chi connectivity index (χ1v) is 9.06. The second-order valence-electron chi connectivity index (χ2n) is 7.51. The van der Waals surface area contributed by atoms with E-state index in [1.54, 1.807) is 0 Å². The lowest BCUT2D eigenvalue weighted by Gasteiger charge is -2.42. The van der Waals surface area contributed by atoms with Crippen LogP contribution in [0.2, 0.25) is 0 Å². The van der Waals surface area contributed by atoms with Gasteiger partial charge >= 0.3 is 0 Å². The SMILES string of the molecule is CC(C)N(C)C.CC(C)N1CCN(C2CCCCC2)CC1. The summed E-state index contributed by atoms with van der Waals surface area (Å²) in [7, 11) is 4.15. The van der Waals surface area contributed by atoms with E-state index in [0.29, 0.717) is 6.04 Å². The van der Waals surface area contributed by atoms with Crippen LogP contribution in [-0.2, 0) is 0 Å². The van der Waals surface area contributed by atoms with Crippen molar-refractivity contribution in [2.75, 3.05) is 40.3 Å². The van der Waals surface area contributed by atoms with E-state index in [1.165, 1.54) is 58.3 Å². The molecule has 0 aromatic carbocycles. The molecule has 0 spiro atoms. The first-order valence-electron chi connectivity index (χ1n) is 9.06. The maximum Gasteiger partial charge on any atom is 0.0113 e. The fourth-order valence-electron chi connectivity index (χ4n) is 3.07. The Labute approximate surface area is 133 Å². The highest BCUT2D eigenvalue weighted by Crippen LogP contribution is 2.23. The highest BCUT2D eigenvalue weighted by molar-refractivity contribution is 4.81. The Bertz CT molecular complexity index is 243. The van der Waals surface area contributed by atoms with Crippen molar-refractivity contribution >= 4 is 0 Å². The Morgan fingerprint density at radius 2 is 1.29 bits per heavy atom. The Hall–Kier alpha value is -0.120. The van der Waals surface area contributed by atoms with E-state index in [0.717, 1.165) is 12.1 Å². The highest BCUT2D eigenvalue weighted by atomic mass is 15.3. The van der Waals surface area contributed by atoms with Crippen LogP contribution in [0.5, 0.6) is 0 Å². The number of piperazine rings is 1. The van der Waals surface area contributed by atoms with E-state index in [2.05, 4.69) is 56.5 Å². The van der Waals surface area contributed by atoms with Crippen molar-refractivity contribution in [1.82, 2.24) is 14.7 Å². The molecule has 0 bridgehead atoms. The first kappa shape index (κ1) is 18.9. The number of nitrogens with zero attached hydrogens (tertiary/aromatic N) is 3. The molecule has 3 nitrogen and oxygen atoms in total. The van der Waals surface area contributed by atoms with Crippen molar-refractivity contribution in [2.24, 2.45) is 0 Å². The average Bonchev–Trinajstić information content (AvgIpc) is 2.49. The zero-order valence-corrected chi connectivity index (χ0v) is 15.4. The lowest BCUT2D eigenvalue weighted by Crippen LogP contribution is -2.52. The molecule has 1 aliphatic carbocycles. The fourth-order valence-corrected chi connectivity index (χ4v) is 3.07. The summed E-state index contributed by atoms with van der Waals surface area (Å²) in [4.78, 5) is 7.53. The second-order valence-corrected chi connectivity index (χ2v) is 7.51. The average molecular weight is 298 g/mol. The Balaban J connectivity index is 0.000000315. The third kappa shape index (κ3) is 7.12. The molecule has 0 aromatic rings. The minimum atomic E-state index is 0.685. The molecule has 0 radical (unpaired) electrons. The van der Waals surface area contributed by atoms with Crippen LogP contribution < -0.4 is 0 Å². The maximum atomic E-state index is 2.75. The molecular weight excluding hydrogens is 258 g/mol. The van der Waals surface area contributed by atoms with Crippen molar-refractivity contribution in [1.29, 1.82) is 0 Å². The molecule has 1 heterocycles. The Morgan fingerprint density at radius 3 is 1.67 bits per heavy atom. The summed E-state index contributed by atoms with van der Waals surface area (Å²) in [6.45, 7) is 14.2. The highest BCUT2D eigenvalue weighted by Gasteiger charge is 2.25. The molecule has 1 saturated heterocycles. The van der Waals surface area contributed by atoms with Crippen molar-refractivity contribution in [3.05, 3.63) is 0 Å². The van der Waals surface area contributed by atoms with Gasteiger partial charge in [-0.2, -0.15) is 0 Å². The topological polar surface area (TPSA) is 9.72 Å². The van der Waals surface area contributed by atoms with Gasteiger partial charge in [0.25, 0.3) is 0 Å². The molecule has 0 aromatic heterocycles. The molecule has 21 heavy (non-hydrogen) atoms. The van der Waals surface area contributed by atoms with E-state index >= 15 is 0 Å². The molecule has 2 rings (SSSR count). The summed E-state index contributed by atoms with van der Waals surface area (Å²) in [5, 5.41) is 0. The zero-order chi connectivity index (χ0) is 15.8. The zero-order valence-electron chi connectivity index (χ0n) is 15.4. The molecule has 0 unspecified atom stereocenters. The monoisotopic (exact) mass is 297 g/mol. The normalized spacial score (nSPS) is 22.7. The largest absolute Gasteiger partial charge is 0.307 e. The molecule has 2 aliphatic rings. The fraction of sp³-hybridized carbons (Fsp3) is 1.00. The predicted molar refractivity (Wildman–Crippen MR) is 94.0 cm³/mol. The number of rotatable bonds is 3. The van der Waals surface area contributed by atoms with Crippen molar-refractivity contribution in [2.45, 2.75) is 77.9 Å². The van der Waals surface area contributed by atoms with Crippen molar-refractivity contribution < 1.29 is 0 Å². The van der Waals surface area contributed by atoms with Gasteiger partial charge in [0.05, 0.1) is 0 Å². The quantitative estimate of drug-likeness (QED) is 0.791. The molecule has 1 aliphatic heterocycles. The van der Waals surface area contributed by atoms with Crippen molar-refractivity contribution in [3.63, 3.8) is 0 Å². The van der Waals surface area contributed by atoms with Crippen LogP contribution in [0.1, 0.15) is 59.8 Å². The standard InChI is InChI=1S/C13H26N2.C5H13N/c1-12(2)14-8-10-15(11-9-14)13-6-4-3-5-7-13;1-5(2)6(3)4/h12-13H,3-11H2,1-2H3;5H,1-4H3. The van der Waals surface area contributed by atoms with Gasteiger partial charge in [0.15, 0.2) is 0 Å². The third-order valence-electron chi connectivity index (χ3n) is 5.20. The summed E-state index contributed by atoms with van der Waals surface area (Å²) in [6.07, 6.45) is 7.33. The van der Waals surface area contributed by atoms with E-state index < -0.39 is 0 Å². The molecular formula is C18H39N3. The minimum absolute atomic E-state index is 0.685. The van der Waals surface area contributed by atoms with E-state index in [-0.39, 0.29) is 0 Å². The van der Waals surface area contributed by atoms with Crippen LogP contribution in [0.25, 0.3) is 0 Å². The van der Waals surface area contributed by atoms with Gasteiger partial charge in [-0.25, -0.2) is 0 Å². The Kier molecular flexibility index (Phi) is 8.84. The number of hydrogen-bond acceptors (Lipinski definition) is 3. The van der Waals surface area contributed by atoms with Gasteiger partial charge in [0.1, 0.15) is 0 Å². The van der Waals surface area contributed by atoms with Crippen LogP contribution in [0.4, 0.5) is 0 Å². The summed E-state index contributed by atoms with van der Waals surface area (Å²) in [5.74, 6) is 0. The molecule has 0 amide bonds. The van der Waals surface area contributed by atoms with Gasteiger partial charge < -0.3 is 4.90 Å². The summed E-state index contributed by atoms with van der Waals surface area (Å²) >= 11 is 0. The number of hydrogen-bond donors (Lipinski definition) is 0. The smallest absolute Gasteiger partial charge is 0.0113 e. The van der Waals surface area contributed by atoms with E-state index in [1.807, 2.05) is 0 Å². The molecule has 0 atom stereocenters. The van der Waals surface area contributed by atoms with Gasteiger partial charge in [0, 0.05) is 44.3 Å². The lowest BCUT2D eigenvalue weighted by molar-refractivity contribution is 0.0644. The summed E-state index contributed by atoms with van der Waals surface area (Å²) in [6, 6.07) is 2.34. The van der Waals surface area contributed by atoms with Gasteiger partial charge in [0.2, 0.25) is 0 Å². The molecule has 2 fully saturated rings. The lowest BCUT2D eigenvalue weighted by atomic mass is 9.94. The third-order valence-corrected chi connectivity index (χ3v) is 5.20. The summed E-state index contributed by atoms with van der Waals surface area (Å²) < 4.78 is 0. The van der Waals surface area contributed by atoms with Gasteiger partial charge in [-0.15, -0.1) is 0 Å². The van der Waals surface area contributed by atoms with Gasteiger partial charge in [-0.05, 0) is 54.6 Å². The molecule has 126 valence electrons. The first-order chi connectivity index (χ1) is 9.91. The van der Waals surface area contributed by atoms with Crippen LogP contribution in [0.3, 0.4) is 0 Å². The van der Waals surface area contributed by atoms with Crippen molar-refractivity contribution in [3.8, 4) is 0 Å². The predicted octanol–water partition coefficient (Wildman–Crippen LogP) is 3.30. The molecule has 3 heteroatoms. The Morgan fingerprint density at radius 1 is 0.810 bits per heavy atom. The van der Waals surface area contributed by atoms with Crippen LogP contribution in [0, 0.1) is 0 Å². The van der Waals surface area contributed by atoms with Crippen LogP contribution in [0.15, 0.2) is 0 Å². The van der Waals surface area contributed by atoms with Gasteiger partial charge in [-0.3, -0.25) is 9.80 Å². The maximum absolute atomic E-state index is 2.75. The minimum Gasteiger partial charge on any atom is -0.307 e. The molecule has 0 N–H and O–H groups in total. The van der Waals surface area contributed by atoms with Gasteiger partial charge in [-0.1, -0.05) is 19.3 Å². The van der Waals surface area contributed by atoms with E-state index in [9.17, 15) is 0 Å². The van der Waals surface area contributed by atoms with E-state index in [4.69, 9.17) is 0 Å². The molecule has 1 saturated carbocycles. The van der Waals surface area contributed by atoms with Crippen LogP contribution in [-0.4, -0.2) is 73.1 Å². The summed E-state index contributed by atoms with van der Waals surface area (Å²) in [5.41, 5.74) is 0. The second kappa shape index (κ2) is 9.81. The van der Waals surface area contributed by atoms with Crippen LogP contribution >= 0.6 is 0 Å².